The van der Waals surface area contributed by atoms with Crippen LogP contribution in [-0.4, -0.2) is 46.8 Å². The van der Waals surface area contributed by atoms with Crippen LogP contribution in [0.4, 0.5) is 0 Å². The van der Waals surface area contributed by atoms with E-state index in [0.29, 0.717) is 5.92 Å². The molecule has 0 amide bonds. The molecule has 2 saturated heterocycles. The number of ether oxygens (including phenoxy) is 1. The van der Waals surface area contributed by atoms with Gasteiger partial charge in [0.25, 0.3) is 0 Å². The Hall–Kier alpha value is -0.870. The fourth-order valence-corrected chi connectivity index (χ4v) is 3.39. The molecule has 0 N–H and O–H groups in total. The first-order valence-electron chi connectivity index (χ1n) is 7.05. The normalized spacial score (nSPS) is 26.9. The van der Waals surface area contributed by atoms with Crippen LogP contribution in [0.1, 0.15) is 36.7 Å². The van der Waals surface area contributed by atoms with Gasteiger partial charge in [-0.1, -0.05) is 0 Å². The summed E-state index contributed by atoms with van der Waals surface area (Å²) in [6.07, 6.45) is 5.78. The van der Waals surface area contributed by atoms with E-state index in [2.05, 4.69) is 34.6 Å². The summed E-state index contributed by atoms with van der Waals surface area (Å²) in [6, 6.07) is 0.741. The first-order chi connectivity index (χ1) is 8.74. The number of aryl methyl sites for hydroxylation is 2. The monoisotopic (exact) mass is 249 g/mol. The van der Waals surface area contributed by atoms with Crippen molar-refractivity contribution in [2.75, 3.05) is 26.3 Å². The van der Waals surface area contributed by atoms with Crippen molar-refractivity contribution in [1.29, 1.82) is 0 Å². The van der Waals surface area contributed by atoms with Crippen LogP contribution < -0.4 is 0 Å². The van der Waals surface area contributed by atoms with Crippen molar-refractivity contribution in [1.82, 2.24) is 14.5 Å². The average Bonchev–Trinajstić information content (AvgIpc) is 2.97. The van der Waals surface area contributed by atoms with Crippen LogP contribution in [0.5, 0.6) is 0 Å². The van der Waals surface area contributed by atoms with Crippen LogP contribution in [-0.2, 0) is 11.8 Å². The molecule has 3 rings (SSSR count). The van der Waals surface area contributed by atoms with Crippen molar-refractivity contribution in [3.63, 3.8) is 0 Å². The highest BCUT2D eigenvalue weighted by molar-refractivity contribution is 5.09. The van der Waals surface area contributed by atoms with Crippen molar-refractivity contribution < 1.29 is 4.74 Å². The van der Waals surface area contributed by atoms with E-state index in [1.54, 1.807) is 0 Å². The largest absolute Gasteiger partial charge is 0.381 e. The molecule has 100 valence electrons. The number of likely N-dealkylation sites (tertiary alicyclic amines) is 1. The van der Waals surface area contributed by atoms with Gasteiger partial charge in [0.2, 0.25) is 0 Å². The standard InChI is InChI=1S/C14H23N3O/c1-11-9-16(2)14(15-11)12-3-6-17(10-12)13-4-7-18-8-5-13/h9,12-13H,3-8,10H2,1-2H3. The molecule has 1 aromatic rings. The van der Waals surface area contributed by atoms with E-state index in [-0.39, 0.29) is 0 Å². The Labute approximate surface area is 109 Å². The maximum absolute atomic E-state index is 5.45. The van der Waals surface area contributed by atoms with Gasteiger partial charge in [0.1, 0.15) is 5.82 Å². The Balaban J connectivity index is 1.65. The van der Waals surface area contributed by atoms with Gasteiger partial charge in [-0.3, -0.25) is 4.90 Å². The van der Waals surface area contributed by atoms with Gasteiger partial charge in [-0.15, -0.1) is 0 Å². The molecule has 18 heavy (non-hydrogen) atoms. The highest BCUT2D eigenvalue weighted by Gasteiger charge is 2.31. The molecule has 1 atom stereocenters. The van der Waals surface area contributed by atoms with Crippen LogP contribution >= 0.6 is 0 Å². The van der Waals surface area contributed by atoms with Gasteiger partial charge < -0.3 is 9.30 Å². The number of aromatic nitrogens is 2. The smallest absolute Gasteiger partial charge is 0.113 e. The van der Waals surface area contributed by atoms with Crippen molar-refractivity contribution in [3.8, 4) is 0 Å². The van der Waals surface area contributed by atoms with Crippen molar-refractivity contribution in [2.24, 2.45) is 7.05 Å². The predicted molar refractivity (Wildman–Crippen MR) is 70.7 cm³/mol. The molecule has 4 nitrogen and oxygen atoms in total. The Morgan fingerprint density at radius 1 is 1.28 bits per heavy atom. The van der Waals surface area contributed by atoms with E-state index in [1.165, 1.54) is 38.2 Å². The minimum absolute atomic E-state index is 0.617. The lowest BCUT2D eigenvalue weighted by molar-refractivity contribution is 0.0418. The van der Waals surface area contributed by atoms with E-state index >= 15 is 0 Å². The highest BCUT2D eigenvalue weighted by atomic mass is 16.5. The molecule has 0 bridgehead atoms. The number of rotatable bonds is 2. The van der Waals surface area contributed by atoms with Crippen LogP contribution in [0.25, 0.3) is 0 Å². The highest BCUT2D eigenvalue weighted by Crippen LogP contribution is 2.29. The van der Waals surface area contributed by atoms with Gasteiger partial charge in [-0.25, -0.2) is 4.98 Å². The van der Waals surface area contributed by atoms with Gasteiger partial charge in [0.15, 0.2) is 0 Å². The fourth-order valence-electron chi connectivity index (χ4n) is 3.39. The Kier molecular flexibility index (Phi) is 3.39. The number of hydrogen-bond donors (Lipinski definition) is 0. The first-order valence-corrected chi connectivity index (χ1v) is 7.05. The van der Waals surface area contributed by atoms with Gasteiger partial charge in [0.05, 0.1) is 5.69 Å². The average molecular weight is 249 g/mol. The molecule has 0 saturated carbocycles. The van der Waals surface area contributed by atoms with E-state index in [9.17, 15) is 0 Å². The van der Waals surface area contributed by atoms with Crippen LogP contribution in [0.3, 0.4) is 0 Å². The molecule has 1 aromatic heterocycles. The third-order valence-corrected chi connectivity index (χ3v) is 4.32. The van der Waals surface area contributed by atoms with E-state index in [0.717, 1.165) is 24.9 Å². The molecular weight excluding hydrogens is 226 g/mol. The molecule has 0 aliphatic carbocycles. The summed E-state index contributed by atoms with van der Waals surface area (Å²) in [4.78, 5) is 7.33. The lowest BCUT2D eigenvalue weighted by Crippen LogP contribution is -2.37. The zero-order valence-electron chi connectivity index (χ0n) is 11.4. The predicted octanol–water partition coefficient (Wildman–Crippen LogP) is 1.70. The van der Waals surface area contributed by atoms with Gasteiger partial charge >= 0.3 is 0 Å². The molecule has 0 aromatic carbocycles. The number of hydrogen-bond acceptors (Lipinski definition) is 3. The Morgan fingerprint density at radius 2 is 2.06 bits per heavy atom. The number of imidazole rings is 1. The van der Waals surface area contributed by atoms with Crippen LogP contribution in [0.2, 0.25) is 0 Å². The van der Waals surface area contributed by atoms with Gasteiger partial charge in [0, 0.05) is 45.0 Å². The Morgan fingerprint density at radius 3 is 2.72 bits per heavy atom. The summed E-state index contributed by atoms with van der Waals surface area (Å²) in [5.41, 5.74) is 1.14. The second-order valence-electron chi connectivity index (χ2n) is 5.68. The minimum Gasteiger partial charge on any atom is -0.381 e. The lowest BCUT2D eigenvalue weighted by Gasteiger charge is -2.31. The summed E-state index contributed by atoms with van der Waals surface area (Å²) >= 11 is 0. The van der Waals surface area contributed by atoms with E-state index in [4.69, 9.17) is 4.74 Å². The first kappa shape index (κ1) is 12.2. The van der Waals surface area contributed by atoms with E-state index < -0.39 is 0 Å². The molecule has 0 spiro atoms. The zero-order chi connectivity index (χ0) is 12.5. The molecule has 2 aliphatic rings. The summed E-state index contributed by atoms with van der Waals surface area (Å²) in [5, 5.41) is 0. The molecule has 2 fully saturated rings. The van der Waals surface area contributed by atoms with Crippen molar-refractivity contribution in [3.05, 3.63) is 17.7 Å². The maximum Gasteiger partial charge on any atom is 0.113 e. The molecule has 1 unspecified atom stereocenters. The summed E-state index contributed by atoms with van der Waals surface area (Å²) in [5.74, 6) is 1.88. The Bertz CT molecular complexity index is 409. The molecular formula is C14H23N3O. The second kappa shape index (κ2) is 5.02. The topological polar surface area (TPSA) is 30.3 Å². The van der Waals surface area contributed by atoms with Gasteiger partial charge in [-0.2, -0.15) is 0 Å². The molecule has 0 radical (unpaired) electrons. The molecule has 4 heteroatoms. The second-order valence-corrected chi connectivity index (χ2v) is 5.68. The third-order valence-electron chi connectivity index (χ3n) is 4.32. The zero-order valence-corrected chi connectivity index (χ0v) is 11.4. The van der Waals surface area contributed by atoms with Crippen molar-refractivity contribution >= 4 is 0 Å². The molecule has 3 heterocycles. The SMILES string of the molecule is Cc1cn(C)c(C2CCN(C3CCOCC3)C2)n1. The maximum atomic E-state index is 5.45. The van der Waals surface area contributed by atoms with Gasteiger partial charge in [-0.05, 0) is 32.7 Å². The summed E-state index contributed by atoms with van der Waals surface area (Å²) in [6.45, 7) is 6.35. The third kappa shape index (κ3) is 2.31. The number of nitrogens with zero attached hydrogens (tertiary/aromatic N) is 3. The lowest BCUT2D eigenvalue weighted by atomic mass is 10.1. The van der Waals surface area contributed by atoms with Crippen molar-refractivity contribution in [2.45, 2.75) is 38.1 Å². The quantitative estimate of drug-likeness (QED) is 0.799. The van der Waals surface area contributed by atoms with E-state index in [1.807, 2.05) is 0 Å². The summed E-state index contributed by atoms with van der Waals surface area (Å²) in [7, 11) is 2.12. The summed E-state index contributed by atoms with van der Waals surface area (Å²) < 4.78 is 7.65. The van der Waals surface area contributed by atoms with Crippen LogP contribution in [0.15, 0.2) is 6.20 Å². The molecule has 2 aliphatic heterocycles. The van der Waals surface area contributed by atoms with Crippen LogP contribution in [0, 0.1) is 6.92 Å². The minimum atomic E-state index is 0.617. The fraction of sp³-hybridized carbons (Fsp3) is 0.786.